The van der Waals surface area contributed by atoms with Crippen LogP contribution in [0.3, 0.4) is 0 Å². The summed E-state index contributed by atoms with van der Waals surface area (Å²) < 4.78 is 90.7. The molecule has 0 radical (unpaired) electrons. The first-order chi connectivity index (χ1) is 23.9. The van der Waals surface area contributed by atoms with Crippen molar-refractivity contribution < 1.29 is 59.8 Å². The SMILES string of the molecule is Cn1c(-c2ccc(OC(F)F)c(F)c2F)cnc1C(=O)Nc1ccc(C(=O)N2CCC(C(=O)N3CCC(N)C3)CC2)c(Cl)c1.O=C(O)C(F)(F)F. The zero-order chi connectivity index (χ0) is 37.8. The molecule has 0 bridgehead atoms. The summed E-state index contributed by atoms with van der Waals surface area (Å²) in [5, 5.41) is 9.82. The number of amides is 3. The number of alkyl halides is 5. The minimum absolute atomic E-state index is 0.00333. The lowest BCUT2D eigenvalue weighted by atomic mass is 9.95. The van der Waals surface area contributed by atoms with Crippen LogP contribution < -0.4 is 15.8 Å². The van der Waals surface area contributed by atoms with E-state index in [2.05, 4.69) is 15.0 Å². The van der Waals surface area contributed by atoms with E-state index >= 15 is 0 Å². The van der Waals surface area contributed by atoms with Crippen LogP contribution >= 0.6 is 11.6 Å². The monoisotopic (exact) mass is 750 g/mol. The van der Waals surface area contributed by atoms with Gasteiger partial charge in [0.15, 0.2) is 17.4 Å². The van der Waals surface area contributed by atoms with E-state index in [1.54, 1.807) is 9.80 Å². The molecule has 1 atom stereocenters. The van der Waals surface area contributed by atoms with E-state index in [1.165, 1.54) is 29.8 Å². The second kappa shape index (κ2) is 16.0. The largest absolute Gasteiger partial charge is 0.490 e. The molecule has 276 valence electrons. The van der Waals surface area contributed by atoms with Crippen LogP contribution in [0, 0.1) is 17.6 Å². The Bertz CT molecular complexity index is 1800. The van der Waals surface area contributed by atoms with Crippen LogP contribution in [0.2, 0.25) is 5.02 Å². The number of likely N-dealkylation sites (tertiary alicyclic amines) is 2. The molecule has 0 aliphatic carbocycles. The van der Waals surface area contributed by atoms with Gasteiger partial charge >= 0.3 is 18.8 Å². The van der Waals surface area contributed by atoms with E-state index in [1.807, 2.05) is 0 Å². The van der Waals surface area contributed by atoms with Gasteiger partial charge in [-0.05, 0) is 49.6 Å². The van der Waals surface area contributed by atoms with Gasteiger partial charge in [-0.3, -0.25) is 14.4 Å². The van der Waals surface area contributed by atoms with E-state index in [-0.39, 0.29) is 57.1 Å². The number of aromatic nitrogens is 2. The number of nitrogens with zero attached hydrogens (tertiary/aromatic N) is 4. The third-order valence-corrected chi connectivity index (χ3v) is 8.41. The minimum atomic E-state index is -5.08. The molecule has 0 saturated carbocycles. The number of nitrogens with one attached hydrogen (secondary N) is 1. The average molecular weight is 751 g/mol. The Balaban J connectivity index is 0.000000755. The third-order valence-electron chi connectivity index (χ3n) is 8.10. The quantitative estimate of drug-likeness (QED) is 0.287. The van der Waals surface area contributed by atoms with Crippen LogP contribution in [-0.2, 0) is 16.6 Å². The fourth-order valence-electron chi connectivity index (χ4n) is 5.49. The van der Waals surface area contributed by atoms with E-state index in [0.717, 1.165) is 24.8 Å². The number of hydrogen-bond acceptors (Lipinski definition) is 7. The lowest BCUT2D eigenvalue weighted by Crippen LogP contribution is -2.44. The van der Waals surface area contributed by atoms with Crippen molar-refractivity contribution in [2.75, 3.05) is 31.5 Å². The van der Waals surface area contributed by atoms with Crippen LogP contribution in [0.5, 0.6) is 5.75 Å². The summed E-state index contributed by atoms with van der Waals surface area (Å²) in [6, 6.07) is 6.27. The highest BCUT2D eigenvalue weighted by atomic mass is 35.5. The summed E-state index contributed by atoms with van der Waals surface area (Å²) in [6.45, 7) is -1.31. The standard InChI is InChI=1S/C29H29ClF4N6O4.C2HF3O2/c1-38-21(19-4-5-22(44-29(33)34)24(32)23(19)31)13-36-25(38)26(41)37-17-2-3-18(20(30)12-17)28(43)39-9-6-15(7-10-39)27(42)40-11-8-16(35)14-40;3-2(4,5)1(6)7/h2-5,12-13,15-16,29H,6-11,14,35H2,1H3,(H,37,41);(H,6,7). The molecule has 1 unspecified atom stereocenters. The number of halogens is 8. The second-order valence-corrected chi connectivity index (χ2v) is 11.9. The molecule has 3 amide bonds. The van der Waals surface area contributed by atoms with Crippen LogP contribution in [-0.4, -0.2) is 93.2 Å². The molecule has 1 aromatic heterocycles. The second-order valence-electron chi connectivity index (χ2n) is 11.5. The molecule has 0 spiro atoms. The Hall–Kier alpha value is -4.91. The molecular formula is C31H30ClF7N6O6. The zero-order valence-corrected chi connectivity index (χ0v) is 27.3. The van der Waals surface area contributed by atoms with Crippen LogP contribution in [0.25, 0.3) is 11.3 Å². The molecule has 12 nitrogen and oxygen atoms in total. The Morgan fingerprint density at radius 1 is 1.02 bits per heavy atom. The number of aliphatic carboxylic acids is 1. The van der Waals surface area contributed by atoms with Gasteiger partial charge in [0.1, 0.15) is 0 Å². The van der Waals surface area contributed by atoms with Gasteiger partial charge in [0.05, 0.1) is 22.5 Å². The van der Waals surface area contributed by atoms with Gasteiger partial charge in [0.25, 0.3) is 11.8 Å². The number of hydrogen-bond donors (Lipinski definition) is 3. The minimum Gasteiger partial charge on any atom is -0.475 e. The summed E-state index contributed by atoms with van der Waals surface area (Å²) in [5.41, 5.74) is 6.09. The number of rotatable bonds is 7. The normalized spacial score (nSPS) is 16.5. The predicted molar refractivity (Wildman–Crippen MR) is 166 cm³/mol. The van der Waals surface area contributed by atoms with E-state index in [4.69, 9.17) is 27.2 Å². The Morgan fingerprint density at radius 3 is 2.20 bits per heavy atom. The highest BCUT2D eigenvalue weighted by Crippen LogP contribution is 2.31. The number of anilines is 1. The highest BCUT2D eigenvalue weighted by Gasteiger charge is 2.38. The molecular weight excluding hydrogens is 721 g/mol. The third kappa shape index (κ3) is 9.26. The first kappa shape index (κ1) is 38.9. The van der Waals surface area contributed by atoms with Crippen molar-refractivity contribution in [3.05, 3.63) is 64.6 Å². The molecule has 4 N–H and O–H groups in total. The molecule has 2 saturated heterocycles. The van der Waals surface area contributed by atoms with Crippen molar-refractivity contribution in [1.29, 1.82) is 0 Å². The predicted octanol–water partition coefficient (Wildman–Crippen LogP) is 4.92. The summed E-state index contributed by atoms with van der Waals surface area (Å²) >= 11 is 6.42. The molecule has 2 aromatic carbocycles. The van der Waals surface area contributed by atoms with Crippen molar-refractivity contribution in [2.45, 2.75) is 38.1 Å². The summed E-state index contributed by atoms with van der Waals surface area (Å²) in [5.74, 6) is -8.02. The van der Waals surface area contributed by atoms with Gasteiger partial charge in [-0.1, -0.05) is 11.6 Å². The number of benzene rings is 2. The van der Waals surface area contributed by atoms with Crippen LogP contribution in [0.4, 0.5) is 36.4 Å². The van der Waals surface area contributed by atoms with Crippen LogP contribution in [0.1, 0.15) is 40.2 Å². The molecule has 2 fully saturated rings. The van der Waals surface area contributed by atoms with Gasteiger partial charge in [-0.25, -0.2) is 14.2 Å². The molecule has 5 rings (SSSR count). The molecule has 3 heterocycles. The number of imidazole rings is 1. The molecule has 20 heteroatoms. The van der Waals surface area contributed by atoms with Gasteiger partial charge in [-0.2, -0.15) is 26.3 Å². The molecule has 3 aromatic rings. The Kier molecular flexibility index (Phi) is 12.2. The van der Waals surface area contributed by atoms with Crippen molar-refractivity contribution in [3.8, 4) is 17.0 Å². The first-order valence-electron chi connectivity index (χ1n) is 15.1. The Morgan fingerprint density at radius 2 is 1.65 bits per heavy atom. The lowest BCUT2D eigenvalue weighted by Gasteiger charge is -2.33. The Labute approximate surface area is 289 Å². The fourth-order valence-corrected chi connectivity index (χ4v) is 5.75. The van der Waals surface area contributed by atoms with Gasteiger partial charge in [0, 0.05) is 56.4 Å². The van der Waals surface area contributed by atoms with Gasteiger partial charge < -0.3 is 35.3 Å². The summed E-state index contributed by atoms with van der Waals surface area (Å²) in [4.78, 5) is 55.3. The first-order valence-corrected chi connectivity index (χ1v) is 15.5. The highest BCUT2D eigenvalue weighted by molar-refractivity contribution is 6.34. The van der Waals surface area contributed by atoms with Crippen LogP contribution in [0.15, 0.2) is 36.5 Å². The number of carboxylic acid groups (broad SMARTS) is 1. The average Bonchev–Trinajstić information content (AvgIpc) is 3.68. The fraction of sp³-hybridized carbons (Fsp3) is 0.387. The smallest absolute Gasteiger partial charge is 0.475 e. The molecule has 2 aliphatic rings. The summed E-state index contributed by atoms with van der Waals surface area (Å²) in [7, 11) is 1.39. The molecule has 2 aliphatic heterocycles. The summed E-state index contributed by atoms with van der Waals surface area (Å²) in [6.07, 6.45) is -2.08. The number of carboxylic acids is 1. The number of nitrogens with two attached hydrogens (primary N) is 1. The van der Waals surface area contributed by atoms with Gasteiger partial charge in [-0.15, -0.1) is 0 Å². The van der Waals surface area contributed by atoms with E-state index in [9.17, 15) is 45.1 Å². The lowest BCUT2D eigenvalue weighted by molar-refractivity contribution is -0.192. The number of ether oxygens (including phenoxy) is 1. The maximum atomic E-state index is 14.6. The van der Waals surface area contributed by atoms with E-state index < -0.39 is 42.0 Å². The van der Waals surface area contributed by atoms with Crippen molar-refractivity contribution >= 4 is 41.0 Å². The molecule has 51 heavy (non-hydrogen) atoms. The van der Waals surface area contributed by atoms with Crippen molar-refractivity contribution in [2.24, 2.45) is 18.7 Å². The van der Waals surface area contributed by atoms with Crippen molar-refractivity contribution in [1.82, 2.24) is 19.4 Å². The topological polar surface area (TPSA) is 160 Å². The van der Waals surface area contributed by atoms with Gasteiger partial charge in [0.2, 0.25) is 11.7 Å². The van der Waals surface area contributed by atoms with Crippen molar-refractivity contribution in [3.63, 3.8) is 0 Å². The number of piperidine rings is 1. The number of carbonyl (C=O) groups excluding carboxylic acids is 3. The van der Waals surface area contributed by atoms with E-state index in [0.29, 0.717) is 39.0 Å². The maximum Gasteiger partial charge on any atom is 0.490 e. The zero-order valence-electron chi connectivity index (χ0n) is 26.5. The number of carbonyl (C=O) groups is 4. The maximum absolute atomic E-state index is 14.6.